The van der Waals surface area contributed by atoms with Crippen molar-refractivity contribution in [3.05, 3.63) is 59.7 Å². The lowest BCUT2D eigenvalue weighted by molar-refractivity contribution is -0.128. The van der Waals surface area contributed by atoms with Gasteiger partial charge in [-0.1, -0.05) is 50.2 Å². The van der Waals surface area contributed by atoms with Gasteiger partial charge in [-0.05, 0) is 36.3 Å². The predicted molar refractivity (Wildman–Crippen MR) is 114 cm³/mol. The quantitative estimate of drug-likeness (QED) is 0.783. The zero-order valence-corrected chi connectivity index (χ0v) is 17.4. The van der Waals surface area contributed by atoms with Gasteiger partial charge >= 0.3 is 0 Å². The molecule has 2 amide bonds. The van der Waals surface area contributed by atoms with E-state index in [4.69, 9.17) is 4.74 Å². The number of anilines is 1. The van der Waals surface area contributed by atoms with Crippen molar-refractivity contribution in [2.75, 3.05) is 24.5 Å². The monoisotopic (exact) mass is 395 g/mol. The highest BCUT2D eigenvalue weighted by atomic mass is 16.5. The van der Waals surface area contributed by atoms with Crippen molar-refractivity contribution >= 4 is 17.5 Å². The molecule has 3 rings (SSSR count). The van der Waals surface area contributed by atoms with E-state index >= 15 is 0 Å². The van der Waals surface area contributed by atoms with E-state index in [2.05, 4.69) is 36.2 Å². The molecule has 6 heteroatoms. The van der Waals surface area contributed by atoms with Gasteiger partial charge in [-0.3, -0.25) is 14.5 Å². The maximum atomic E-state index is 12.7. The van der Waals surface area contributed by atoms with Gasteiger partial charge < -0.3 is 15.0 Å². The summed E-state index contributed by atoms with van der Waals surface area (Å²) in [7, 11) is 0. The van der Waals surface area contributed by atoms with E-state index in [0.717, 1.165) is 25.2 Å². The van der Waals surface area contributed by atoms with Crippen LogP contribution in [0, 0.1) is 0 Å². The summed E-state index contributed by atoms with van der Waals surface area (Å²) in [6, 6.07) is 15.6. The van der Waals surface area contributed by atoms with E-state index in [-0.39, 0.29) is 18.4 Å². The van der Waals surface area contributed by atoms with Crippen LogP contribution in [0.25, 0.3) is 0 Å². The third-order valence-electron chi connectivity index (χ3n) is 5.24. The van der Waals surface area contributed by atoms with Crippen LogP contribution in [0.2, 0.25) is 0 Å². The number of carbonyl (C=O) groups is 2. The number of carbonyl (C=O) groups excluding carboxylic acids is 2. The second-order valence-electron chi connectivity index (χ2n) is 7.20. The molecule has 0 bridgehead atoms. The average Bonchev–Trinajstić information content (AvgIpc) is 2.75. The van der Waals surface area contributed by atoms with Crippen LogP contribution in [0.5, 0.6) is 5.75 Å². The Labute approximate surface area is 172 Å². The molecule has 0 spiro atoms. The standard InChI is InChI=1S/C23H29N3O3/c1-4-25(5-2)15-19-12-10-18(11-13-19)14-24-23(28)22-16-26(17(3)27)20-8-6-7-9-21(20)29-22/h6-13,22H,4-5,14-16H2,1-3H3,(H,24,28). The number of nitrogens with one attached hydrogen (secondary N) is 1. The molecule has 2 aromatic carbocycles. The molecule has 0 saturated carbocycles. The summed E-state index contributed by atoms with van der Waals surface area (Å²) in [4.78, 5) is 28.6. The Balaban J connectivity index is 1.59. The second kappa shape index (κ2) is 9.56. The lowest BCUT2D eigenvalue weighted by atomic mass is 10.1. The van der Waals surface area contributed by atoms with Crippen LogP contribution < -0.4 is 15.0 Å². The Morgan fingerprint density at radius 2 is 1.72 bits per heavy atom. The Morgan fingerprint density at radius 3 is 2.38 bits per heavy atom. The third kappa shape index (κ3) is 5.15. The second-order valence-corrected chi connectivity index (χ2v) is 7.20. The molecule has 1 atom stereocenters. The van der Waals surface area contributed by atoms with E-state index < -0.39 is 6.10 Å². The number of para-hydroxylation sites is 2. The first-order chi connectivity index (χ1) is 14.0. The molecule has 6 nitrogen and oxygen atoms in total. The molecule has 1 unspecified atom stereocenters. The van der Waals surface area contributed by atoms with E-state index in [1.807, 2.05) is 30.3 Å². The molecule has 0 aromatic heterocycles. The van der Waals surface area contributed by atoms with Crippen LogP contribution >= 0.6 is 0 Å². The Hall–Kier alpha value is -2.86. The summed E-state index contributed by atoms with van der Waals surface area (Å²) < 4.78 is 5.84. The molecule has 154 valence electrons. The van der Waals surface area contributed by atoms with Gasteiger partial charge in [0, 0.05) is 20.0 Å². The summed E-state index contributed by atoms with van der Waals surface area (Å²) in [6.45, 7) is 9.42. The molecule has 0 radical (unpaired) electrons. The third-order valence-corrected chi connectivity index (χ3v) is 5.24. The minimum atomic E-state index is -0.726. The van der Waals surface area contributed by atoms with Crippen LogP contribution in [0.3, 0.4) is 0 Å². The van der Waals surface area contributed by atoms with Crippen molar-refractivity contribution in [2.24, 2.45) is 0 Å². The highest BCUT2D eigenvalue weighted by Gasteiger charge is 2.32. The van der Waals surface area contributed by atoms with Gasteiger partial charge in [0.15, 0.2) is 6.10 Å². The number of rotatable bonds is 7. The van der Waals surface area contributed by atoms with Gasteiger partial charge in [0.2, 0.25) is 5.91 Å². The Kier molecular flexibility index (Phi) is 6.88. The number of benzene rings is 2. The first-order valence-electron chi connectivity index (χ1n) is 10.1. The van der Waals surface area contributed by atoms with Gasteiger partial charge in [-0.25, -0.2) is 0 Å². The van der Waals surface area contributed by atoms with Gasteiger partial charge in [-0.2, -0.15) is 0 Å². The summed E-state index contributed by atoms with van der Waals surface area (Å²) in [5, 5.41) is 2.93. The Bertz CT molecular complexity index is 847. The molecule has 29 heavy (non-hydrogen) atoms. The molecule has 1 N–H and O–H groups in total. The number of hydrogen-bond donors (Lipinski definition) is 1. The minimum Gasteiger partial charge on any atom is -0.477 e. The maximum Gasteiger partial charge on any atom is 0.263 e. The molecule has 0 fully saturated rings. The lowest BCUT2D eigenvalue weighted by Crippen LogP contribution is -2.50. The van der Waals surface area contributed by atoms with Crippen LogP contribution in [0.15, 0.2) is 48.5 Å². The minimum absolute atomic E-state index is 0.109. The topological polar surface area (TPSA) is 61.9 Å². The number of amides is 2. The van der Waals surface area contributed by atoms with Gasteiger partial charge in [0.25, 0.3) is 5.91 Å². The molecule has 0 aliphatic carbocycles. The average molecular weight is 396 g/mol. The van der Waals surface area contributed by atoms with E-state index in [0.29, 0.717) is 18.0 Å². The molecule has 1 aliphatic heterocycles. The molecular weight excluding hydrogens is 366 g/mol. The van der Waals surface area contributed by atoms with Crippen molar-refractivity contribution in [2.45, 2.75) is 40.0 Å². The zero-order chi connectivity index (χ0) is 20.8. The SMILES string of the molecule is CCN(CC)Cc1ccc(CNC(=O)C2CN(C(C)=O)c3ccccc3O2)cc1. The van der Waals surface area contributed by atoms with E-state index in [1.165, 1.54) is 12.5 Å². The van der Waals surface area contributed by atoms with Gasteiger partial charge in [-0.15, -0.1) is 0 Å². The molecular formula is C23H29N3O3. The van der Waals surface area contributed by atoms with Gasteiger partial charge in [0.05, 0.1) is 12.2 Å². The summed E-state index contributed by atoms with van der Waals surface area (Å²) >= 11 is 0. The fraction of sp³-hybridized carbons (Fsp3) is 0.391. The van der Waals surface area contributed by atoms with Gasteiger partial charge in [0.1, 0.15) is 5.75 Å². The smallest absolute Gasteiger partial charge is 0.263 e. The summed E-state index contributed by atoms with van der Waals surface area (Å²) in [5.74, 6) is 0.218. The number of ether oxygens (including phenoxy) is 1. The van der Waals surface area contributed by atoms with Crippen LogP contribution in [-0.4, -0.2) is 42.5 Å². The normalized spacial score (nSPS) is 15.6. The Morgan fingerprint density at radius 1 is 1.07 bits per heavy atom. The van der Waals surface area contributed by atoms with Crippen molar-refractivity contribution in [3.8, 4) is 5.75 Å². The van der Waals surface area contributed by atoms with Crippen LogP contribution in [0.1, 0.15) is 31.9 Å². The van der Waals surface area contributed by atoms with Crippen molar-refractivity contribution < 1.29 is 14.3 Å². The lowest BCUT2D eigenvalue weighted by Gasteiger charge is -2.33. The van der Waals surface area contributed by atoms with Crippen molar-refractivity contribution in [1.29, 1.82) is 0 Å². The number of nitrogens with zero attached hydrogens (tertiary/aromatic N) is 2. The van der Waals surface area contributed by atoms with Crippen molar-refractivity contribution in [1.82, 2.24) is 10.2 Å². The number of fused-ring (bicyclic) bond motifs is 1. The van der Waals surface area contributed by atoms with Crippen molar-refractivity contribution in [3.63, 3.8) is 0 Å². The predicted octanol–water partition coefficient (Wildman–Crippen LogP) is 2.96. The largest absolute Gasteiger partial charge is 0.477 e. The fourth-order valence-electron chi connectivity index (χ4n) is 3.44. The molecule has 1 aliphatic rings. The van der Waals surface area contributed by atoms with E-state index in [1.54, 1.807) is 11.0 Å². The highest BCUT2D eigenvalue weighted by molar-refractivity contribution is 5.95. The zero-order valence-electron chi connectivity index (χ0n) is 17.4. The number of hydrogen-bond acceptors (Lipinski definition) is 4. The first kappa shape index (κ1) is 20.9. The van der Waals surface area contributed by atoms with Crippen LogP contribution in [-0.2, 0) is 22.7 Å². The van der Waals surface area contributed by atoms with Crippen LogP contribution in [0.4, 0.5) is 5.69 Å². The fourth-order valence-corrected chi connectivity index (χ4v) is 3.44. The maximum absolute atomic E-state index is 12.7. The first-order valence-corrected chi connectivity index (χ1v) is 10.1. The molecule has 2 aromatic rings. The molecule has 1 heterocycles. The van der Waals surface area contributed by atoms with E-state index in [9.17, 15) is 9.59 Å². The summed E-state index contributed by atoms with van der Waals surface area (Å²) in [5.41, 5.74) is 2.99. The summed E-state index contributed by atoms with van der Waals surface area (Å²) in [6.07, 6.45) is -0.726. The highest BCUT2D eigenvalue weighted by Crippen LogP contribution is 2.33. The molecule has 0 saturated heterocycles.